The predicted octanol–water partition coefficient (Wildman–Crippen LogP) is 6.96. The zero-order valence-electron chi connectivity index (χ0n) is 24.7. The number of aromatic nitrogens is 2. The maximum atomic E-state index is 12.5. The number of hydrogen-bond acceptors (Lipinski definition) is 6. The number of unbranched alkanes of at least 4 members (excludes halogenated alkanes) is 6. The molecule has 1 aromatic carbocycles. The molecule has 3 aromatic rings. The predicted molar refractivity (Wildman–Crippen MR) is 161 cm³/mol. The Hall–Kier alpha value is -2.58. The molecular formula is C32H46N2O4S2+2. The van der Waals surface area contributed by atoms with Gasteiger partial charge in [0, 0.05) is 39.5 Å². The van der Waals surface area contributed by atoms with Gasteiger partial charge in [-0.15, -0.1) is 0 Å². The number of benzene rings is 1. The Morgan fingerprint density at radius 1 is 0.650 bits per heavy atom. The Kier molecular flexibility index (Phi) is 13.8. The molecule has 0 aliphatic heterocycles. The summed E-state index contributed by atoms with van der Waals surface area (Å²) in [5, 5.41) is 0. The minimum absolute atomic E-state index is 0.334. The van der Waals surface area contributed by atoms with Crippen LogP contribution in [-0.2, 0) is 35.4 Å². The lowest BCUT2D eigenvalue weighted by Crippen LogP contribution is -2.34. The van der Waals surface area contributed by atoms with Crippen LogP contribution in [0.3, 0.4) is 0 Å². The first-order valence-electron chi connectivity index (χ1n) is 14.8. The zero-order chi connectivity index (χ0) is 28.7. The van der Waals surface area contributed by atoms with Crippen LogP contribution in [0.1, 0.15) is 107 Å². The van der Waals surface area contributed by atoms with Crippen LogP contribution in [0.15, 0.2) is 35.3 Å². The molecule has 0 bridgehead atoms. The third-order valence-corrected chi connectivity index (χ3v) is 9.59. The van der Waals surface area contributed by atoms with Gasteiger partial charge in [0.05, 0.1) is 34.1 Å². The minimum atomic E-state index is -0.377. The van der Waals surface area contributed by atoms with Gasteiger partial charge in [-0.05, 0) is 37.1 Å². The standard InChI is InChI=1S/C32H46N2O4S2/c1-5-7-9-11-19-33-23-39-29(25(33)3)17-21-37-31(35)27-13-15-28(16-14-27)32(36)38-22-18-30-26(4)34(24-40-30)20-12-10-8-6-2/h13-16,23-24H,5-12,17-22H2,1-4H3/q+2. The summed E-state index contributed by atoms with van der Waals surface area (Å²) in [6.07, 6.45) is 11.4. The van der Waals surface area contributed by atoms with Crippen LogP contribution in [0.4, 0.5) is 0 Å². The van der Waals surface area contributed by atoms with Gasteiger partial charge in [-0.25, -0.2) is 9.59 Å². The number of esters is 2. The fraction of sp³-hybridized carbons (Fsp3) is 0.562. The van der Waals surface area contributed by atoms with Gasteiger partial charge < -0.3 is 9.47 Å². The van der Waals surface area contributed by atoms with E-state index in [0.717, 1.165) is 13.1 Å². The molecule has 8 heteroatoms. The fourth-order valence-electron chi connectivity index (χ4n) is 4.62. The molecule has 218 valence electrons. The highest BCUT2D eigenvalue weighted by atomic mass is 32.1. The number of carbonyl (C=O) groups is 2. The van der Waals surface area contributed by atoms with E-state index >= 15 is 0 Å². The first-order valence-corrected chi connectivity index (χ1v) is 16.6. The van der Waals surface area contributed by atoms with Crippen molar-refractivity contribution >= 4 is 34.6 Å². The van der Waals surface area contributed by atoms with Crippen LogP contribution in [0, 0.1) is 13.8 Å². The Balaban J connectivity index is 1.39. The topological polar surface area (TPSA) is 60.4 Å². The number of rotatable bonds is 18. The Bertz CT molecular complexity index is 1110. The third kappa shape index (κ3) is 9.81. The second-order valence-corrected chi connectivity index (χ2v) is 12.2. The first-order chi connectivity index (χ1) is 19.4. The SMILES string of the molecule is CCCCCC[n+]1csc(CCOC(=O)c2ccc(C(=O)OCCc3sc[n+](CCCCCC)c3C)cc2)c1C. The molecule has 0 unspecified atom stereocenters. The smallest absolute Gasteiger partial charge is 0.338 e. The summed E-state index contributed by atoms with van der Waals surface area (Å²) in [5.41, 5.74) is 7.73. The first kappa shape index (κ1) is 31.9. The highest BCUT2D eigenvalue weighted by molar-refractivity contribution is 7.09. The number of carbonyl (C=O) groups excluding carboxylic acids is 2. The molecule has 0 N–H and O–H groups in total. The number of aryl methyl sites for hydroxylation is 2. The van der Waals surface area contributed by atoms with Crippen LogP contribution in [0.5, 0.6) is 0 Å². The van der Waals surface area contributed by atoms with Gasteiger partial charge in [0.1, 0.15) is 13.1 Å². The van der Waals surface area contributed by atoms with Crippen molar-refractivity contribution in [1.29, 1.82) is 0 Å². The Labute approximate surface area is 248 Å². The molecule has 6 nitrogen and oxygen atoms in total. The van der Waals surface area contributed by atoms with Gasteiger partial charge in [0.15, 0.2) is 11.4 Å². The molecule has 3 rings (SSSR count). The van der Waals surface area contributed by atoms with E-state index in [0.29, 0.717) is 37.2 Å². The maximum Gasteiger partial charge on any atom is 0.338 e. The number of hydrogen-bond donors (Lipinski definition) is 0. The van der Waals surface area contributed by atoms with Crippen molar-refractivity contribution in [3.05, 3.63) is 67.6 Å². The molecular weight excluding hydrogens is 540 g/mol. The van der Waals surface area contributed by atoms with E-state index < -0.39 is 0 Å². The van der Waals surface area contributed by atoms with E-state index in [4.69, 9.17) is 9.47 Å². The molecule has 0 fully saturated rings. The summed E-state index contributed by atoms with van der Waals surface area (Å²) in [5.74, 6) is -0.754. The van der Waals surface area contributed by atoms with E-state index in [-0.39, 0.29) is 11.9 Å². The maximum absolute atomic E-state index is 12.5. The van der Waals surface area contributed by atoms with Crippen molar-refractivity contribution < 1.29 is 28.2 Å². The van der Waals surface area contributed by atoms with Crippen LogP contribution >= 0.6 is 22.7 Å². The Morgan fingerprint density at radius 2 is 1.05 bits per heavy atom. The highest BCUT2D eigenvalue weighted by Crippen LogP contribution is 2.15. The molecule has 2 aromatic heterocycles. The average Bonchev–Trinajstić information content (AvgIpc) is 3.50. The lowest BCUT2D eigenvalue weighted by Gasteiger charge is -2.06. The molecule has 0 amide bonds. The summed E-state index contributed by atoms with van der Waals surface area (Å²) in [6, 6.07) is 6.52. The largest absolute Gasteiger partial charge is 0.462 e. The molecule has 0 aliphatic rings. The summed E-state index contributed by atoms with van der Waals surface area (Å²) in [4.78, 5) is 27.6. The lowest BCUT2D eigenvalue weighted by molar-refractivity contribution is -0.698. The molecule has 0 aliphatic carbocycles. The molecule has 0 saturated heterocycles. The molecule has 0 atom stereocenters. The van der Waals surface area contributed by atoms with E-state index in [1.807, 2.05) is 0 Å². The molecule has 40 heavy (non-hydrogen) atoms. The monoisotopic (exact) mass is 586 g/mol. The van der Waals surface area contributed by atoms with Gasteiger partial charge in [-0.2, -0.15) is 9.13 Å². The summed E-state index contributed by atoms with van der Waals surface area (Å²) in [6.45, 7) is 11.5. The normalized spacial score (nSPS) is 11.1. The van der Waals surface area contributed by atoms with Gasteiger partial charge in [-0.3, -0.25) is 0 Å². The molecule has 0 radical (unpaired) electrons. The lowest BCUT2D eigenvalue weighted by atomic mass is 10.1. The van der Waals surface area contributed by atoms with Crippen LogP contribution in [0.2, 0.25) is 0 Å². The van der Waals surface area contributed by atoms with Crippen molar-refractivity contribution in [1.82, 2.24) is 0 Å². The summed E-state index contributed by atoms with van der Waals surface area (Å²) < 4.78 is 15.6. The van der Waals surface area contributed by atoms with E-state index in [1.54, 1.807) is 46.9 Å². The van der Waals surface area contributed by atoms with Gasteiger partial charge in [0.25, 0.3) is 0 Å². The fourth-order valence-corrected chi connectivity index (χ4v) is 6.64. The van der Waals surface area contributed by atoms with Crippen molar-refractivity contribution in [3.63, 3.8) is 0 Å². The van der Waals surface area contributed by atoms with Crippen LogP contribution in [0.25, 0.3) is 0 Å². The average molecular weight is 587 g/mol. The molecule has 0 spiro atoms. The van der Waals surface area contributed by atoms with E-state index in [9.17, 15) is 9.59 Å². The zero-order valence-corrected chi connectivity index (χ0v) is 26.3. The number of nitrogens with zero attached hydrogens (tertiary/aromatic N) is 2. The molecule has 0 saturated carbocycles. The number of thiazole rings is 2. The number of ether oxygens (including phenoxy) is 2. The van der Waals surface area contributed by atoms with Crippen molar-refractivity contribution in [3.8, 4) is 0 Å². The quantitative estimate of drug-likeness (QED) is 0.0918. The van der Waals surface area contributed by atoms with Crippen LogP contribution < -0.4 is 9.13 Å². The van der Waals surface area contributed by atoms with Gasteiger partial charge in [-0.1, -0.05) is 62.2 Å². The van der Waals surface area contributed by atoms with Crippen LogP contribution in [-0.4, -0.2) is 25.2 Å². The van der Waals surface area contributed by atoms with Crippen molar-refractivity contribution in [2.75, 3.05) is 13.2 Å². The second kappa shape index (κ2) is 17.3. The van der Waals surface area contributed by atoms with Gasteiger partial charge >= 0.3 is 11.9 Å². The van der Waals surface area contributed by atoms with Gasteiger partial charge in [0.2, 0.25) is 11.0 Å². The van der Waals surface area contributed by atoms with Crippen molar-refractivity contribution in [2.45, 2.75) is 105 Å². The van der Waals surface area contributed by atoms with E-state index in [2.05, 4.69) is 47.9 Å². The summed E-state index contributed by atoms with van der Waals surface area (Å²) >= 11 is 3.45. The third-order valence-electron chi connectivity index (χ3n) is 7.30. The Morgan fingerprint density at radius 3 is 1.43 bits per heavy atom. The second-order valence-electron chi connectivity index (χ2n) is 10.3. The van der Waals surface area contributed by atoms with E-state index in [1.165, 1.54) is 72.5 Å². The van der Waals surface area contributed by atoms with Crippen molar-refractivity contribution in [2.24, 2.45) is 0 Å². The minimum Gasteiger partial charge on any atom is -0.462 e. The highest BCUT2D eigenvalue weighted by Gasteiger charge is 2.18. The summed E-state index contributed by atoms with van der Waals surface area (Å²) in [7, 11) is 0. The molecule has 2 heterocycles.